The Kier molecular flexibility index (Phi) is 4.40. The molecule has 0 bridgehead atoms. The van der Waals surface area contributed by atoms with Crippen LogP contribution in [0.4, 0.5) is 24.5 Å². The number of hydrogen-bond donors (Lipinski definition) is 2. The van der Waals surface area contributed by atoms with Crippen molar-refractivity contribution in [2.24, 2.45) is 10.7 Å². The van der Waals surface area contributed by atoms with E-state index in [9.17, 15) is 13.2 Å². The first-order chi connectivity index (χ1) is 10.3. The number of benzene rings is 1. The second-order valence-electron chi connectivity index (χ2n) is 4.93. The van der Waals surface area contributed by atoms with Gasteiger partial charge in [0.05, 0.1) is 16.9 Å². The van der Waals surface area contributed by atoms with E-state index in [4.69, 9.17) is 5.73 Å². The molecule has 1 aromatic carbocycles. The van der Waals surface area contributed by atoms with Gasteiger partial charge in [-0.05, 0) is 25.1 Å². The lowest BCUT2D eigenvalue weighted by Gasteiger charge is -2.13. The van der Waals surface area contributed by atoms with Crippen LogP contribution in [0.5, 0.6) is 0 Å². The molecule has 3 N–H and O–H groups in total. The van der Waals surface area contributed by atoms with E-state index in [1.165, 1.54) is 6.08 Å². The summed E-state index contributed by atoms with van der Waals surface area (Å²) >= 11 is 0. The summed E-state index contributed by atoms with van der Waals surface area (Å²) in [5, 5.41) is 3.09. The van der Waals surface area contributed by atoms with E-state index in [-0.39, 0.29) is 17.5 Å². The van der Waals surface area contributed by atoms with Crippen molar-refractivity contribution >= 4 is 17.2 Å². The largest absolute Gasteiger partial charge is 0.416 e. The van der Waals surface area contributed by atoms with Crippen LogP contribution in [-0.4, -0.2) is 18.1 Å². The van der Waals surface area contributed by atoms with Crippen molar-refractivity contribution in [3.63, 3.8) is 0 Å². The van der Waals surface area contributed by atoms with Crippen LogP contribution in [0.3, 0.4) is 0 Å². The summed E-state index contributed by atoms with van der Waals surface area (Å²) in [6.07, 6.45) is -1.13. The topological polar surface area (TPSA) is 50.4 Å². The van der Waals surface area contributed by atoms with Crippen molar-refractivity contribution < 1.29 is 13.2 Å². The molecule has 0 fully saturated rings. The highest BCUT2D eigenvalue weighted by Gasteiger charge is 2.32. The highest BCUT2D eigenvalue weighted by Crippen LogP contribution is 2.30. The molecule has 0 aromatic heterocycles. The van der Waals surface area contributed by atoms with E-state index in [2.05, 4.69) is 16.9 Å². The average Bonchev–Trinajstić information content (AvgIpc) is 2.45. The standard InChI is InChI=1S/C16H16F3N3/c1-10-9-12(16(17,18)19)8-7-11(2)21-13-5-3-4-6-14(13)22-15(10)20/h3-9,11,21H,1H2,2H3,(H2,20,22)/b8-7-,12-9+. The number of nitrogens with two attached hydrogens (primary N) is 1. The fourth-order valence-electron chi connectivity index (χ4n) is 1.92. The summed E-state index contributed by atoms with van der Waals surface area (Å²) in [5.74, 6) is -0.0565. The Morgan fingerprint density at radius 1 is 1.27 bits per heavy atom. The van der Waals surface area contributed by atoms with Crippen molar-refractivity contribution in [3.05, 3.63) is 60.2 Å². The van der Waals surface area contributed by atoms with Gasteiger partial charge in [-0.1, -0.05) is 30.9 Å². The Balaban J connectivity index is 2.54. The molecule has 0 amide bonds. The average molecular weight is 307 g/mol. The van der Waals surface area contributed by atoms with Crippen LogP contribution >= 0.6 is 0 Å². The van der Waals surface area contributed by atoms with Gasteiger partial charge in [-0.25, -0.2) is 4.99 Å². The lowest BCUT2D eigenvalue weighted by atomic mass is 10.1. The number of nitrogens with zero attached hydrogens (tertiary/aromatic N) is 1. The molecule has 2 rings (SSSR count). The Morgan fingerprint density at radius 3 is 2.64 bits per heavy atom. The number of amidine groups is 1. The molecule has 0 aliphatic carbocycles. The van der Waals surface area contributed by atoms with Crippen LogP contribution in [0.1, 0.15) is 6.92 Å². The third-order valence-corrected chi connectivity index (χ3v) is 3.08. The summed E-state index contributed by atoms with van der Waals surface area (Å²) in [7, 11) is 0. The minimum atomic E-state index is -4.49. The molecule has 3 nitrogen and oxygen atoms in total. The van der Waals surface area contributed by atoms with E-state index >= 15 is 0 Å². The monoisotopic (exact) mass is 307 g/mol. The molecule has 1 aliphatic rings. The van der Waals surface area contributed by atoms with Gasteiger partial charge in [0.15, 0.2) is 0 Å². The first-order valence-electron chi connectivity index (χ1n) is 6.63. The summed E-state index contributed by atoms with van der Waals surface area (Å²) < 4.78 is 39.1. The van der Waals surface area contributed by atoms with Crippen molar-refractivity contribution in [2.75, 3.05) is 5.32 Å². The van der Waals surface area contributed by atoms with Gasteiger partial charge in [-0.2, -0.15) is 13.2 Å². The van der Waals surface area contributed by atoms with Crippen molar-refractivity contribution in [2.45, 2.75) is 19.1 Å². The molecule has 0 saturated carbocycles. The lowest BCUT2D eigenvalue weighted by Crippen LogP contribution is -2.16. The predicted octanol–water partition coefficient (Wildman–Crippen LogP) is 4.09. The first-order valence-corrected chi connectivity index (χ1v) is 6.63. The van der Waals surface area contributed by atoms with Crippen LogP contribution in [0, 0.1) is 0 Å². The van der Waals surface area contributed by atoms with E-state index in [0.29, 0.717) is 11.4 Å². The first kappa shape index (κ1) is 15.9. The third kappa shape index (κ3) is 3.78. The van der Waals surface area contributed by atoms with Crippen molar-refractivity contribution in [1.29, 1.82) is 0 Å². The third-order valence-electron chi connectivity index (χ3n) is 3.08. The number of halogens is 3. The number of fused-ring (bicyclic) bond motifs is 1. The summed E-state index contributed by atoms with van der Waals surface area (Å²) in [5.41, 5.74) is 6.18. The molecule has 0 spiro atoms. The summed E-state index contributed by atoms with van der Waals surface area (Å²) in [6, 6.07) is 6.79. The number of hydrogen-bond acceptors (Lipinski definition) is 3. The maximum absolute atomic E-state index is 13.0. The van der Waals surface area contributed by atoms with Gasteiger partial charge in [-0.15, -0.1) is 0 Å². The summed E-state index contributed by atoms with van der Waals surface area (Å²) in [4.78, 5) is 4.17. The van der Waals surface area contributed by atoms with Crippen LogP contribution in [0.2, 0.25) is 0 Å². The number of allylic oxidation sites excluding steroid dienone is 2. The van der Waals surface area contributed by atoms with Gasteiger partial charge in [-0.3, -0.25) is 0 Å². The van der Waals surface area contributed by atoms with Crippen LogP contribution in [-0.2, 0) is 0 Å². The quantitative estimate of drug-likeness (QED) is 0.758. The van der Waals surface area contributed by atoms with Gasteiger partial charge in [0, 0.05) is 11.6 Å². The van der Waals surface area contributed by atoms with E-state index in [0.717, 1.165) is 12.2 Å². The Hall–Kier alpha value is -2.50. The minimum absolute atomic E-state index is 0.0151. The van der Waals surface area contributed by atoms with E-state index in [1.54, 1.807) is 25.1 Å². The number of aliphatic imine (C=N–C) groups is 1. The predicted molar refractivity (Wildman–Crippen MR) is 83.2 cm³/mol. The second-order valence-corrected chi connectivity index (χ2v) is 4.93. The van der Waals surface area contributed by atoms with Gasteiger partial charge in [0.25, 0.3) is 0 Å². The zero-order chi connectivity index (χ0) is 16.3. The number of rotatable bonds is 0. The molecule has 1 atom stereocenters. The maximum atomic E-state index is 13.0. The number of nitrogens with one attached hydrogen (secondary N) is 1. The maximum Gasteiger partial charge on any atom is 0.416 e. The molecule has 116 valence electrons. The number of alkyl halides is 3. The molecule has 1 unspecified atom stereocenters. The molecule has 22 heavy (non-hydrogen) atoms. The highest BCUT2D eigenvalue weighted by molar-refractivity contribution is 6.01. The van der Waals surface area contributed by atoms with Gasteiger partial charge >= 0.3 is 6.18 Å². The van der Waals surface area contributed by atoms with Gasteiger partial charge in [0.1, 0.15) is 5.84 Å². The molecule has 0 saturated heterocycles. The van der Waals surface area contributed by atoms with Gasteiger partial charge in [0.2, 0.25) is 0 Å². The fraction of sp³-hybridized carbons (Fsp3) is 0.188. The van der Waals surface area contributed by atoms with Crippen molar-refractivity contribution in [1.82, 2.24) is 0 Å². The number of anilines is 1. The molecular weight excluding hydrogens is 291 g/mol. The molecule has 1 heterocycles. The SMILES string of the molecule is C=C1/C=C(C(F)(F)F)\C=C/C(C)Nc2ccccc2N=C1N. The van der Waals surface area contributed by atoms with Crippen LogP contribution in [0.25, 0.3) is 0 Å². The Labute approximate surface area is 126 Å². The zero-order valence-corrected chi connectivity index (χ0v) is 12.0. The smallest absolute Gasteiger partial charge is 0.383 e. The normalized spacial score (nSPS) is 23.3. The zero-order valence-electron chi connectivity index (χ0n) is 12.0. The molecular formula is C16H16F3N3. The highest BCUT2D eigenvalue weighted by atomic mass is 19.4. The number of para-hydroxylation sites is 2. The summed E-state index contributed by atoms with van der Waals surface area (Å²) in [6.45, 7) is 5.32. The Morgan fingerprint density at radius 2 is 1.95 bits per heavy atom. The van der Waals surface area contributed by atoms with Gasteiger partial charge < -0.3 is 11.1 Å². The molecule has 1 aromatic rings. The minimum Gasteiger partial charge on any atom is -0.383 e. The second kappa shape index (κ2) is 6.09. The molecule has 0 radical (unpaired) electrons. The van der Waals surface area contributed by atoms with E-state index < -0.39 is 11.7 Å². The Bertz CT molecular complexity index is 669. The van der Waals surface area contributed by atoms with Crippen LogP contribution in [0.15, 0.2) is 65.2 Å². The van der Waals surface area contributed by atoms with E-state index in [1.807, 2.05) is 6.07 Å². The van der Waals surface area contributed by atoms with Crippen molar-refractivity contribution in [3.8, 4) is 0 Å². The molecule has 1 aliphatic heterocycles. The molecule has 6 heteroatoms. The van der Waals surface area contributed by atoms with Crippen LogP contribution < -0.4 is 11.1 Å². The fourth-order valence-corrected chi connectivity index (χ4v) is 1.92. The lowest BCUT2D eigenvalue weighted by molar-refractivity contribution is -0.0882.